The first-order valence-electron chi connectivity index (χ1n) is 7.59. The molecule has 1 aromatic carbocycles. The normalized spacial score (nSPS) is 15.2. The zero-order valence-corrected chi connectivity index (χ0v) is 12.3. The van der Waals surface area contributed by atoms with Gasteiger partial charge >= 0.3 is 0 Å². The van der Waals surface area contributed by atoms with Gasteiger partial charge in [0.15, 0.2) is 5.69 Å². The highest BCUT2D eigenvalue weighted by Crippen LogP contribution is 2.13. The van der Waals surface area contributed by atoms with Crippen LogP contribution in [-0.2, 0) is 6.42 Å². The van der Waals surface area contributed by atoms with E-state index in [0.717, 1.165) is 38.0 Å². The Hall–Kier alpha value is -2.17. The maximum absolute atomic E-state index is 12.4. The van der Waals surface area contributed by atoms with Crippen molar-refractivity contribution in [2.45, 2.75) is 32.6 Å². The maximum Gasteiger partial charge on any atom is 0.276 e. The van der Waals surface area contributed by atoms with Crippen molar-refractivity contribution in [2.75, 3.05) is 13.1 Å². The lowest BCUT2D eigenvalue weighted by Crippen LogP contribution is -2.35. The molecule has 0 unspecified atom stereocenters. The molecule has 0 N–H and O–H groups in total. The van der Waals surface area contributed by atoms with Crippen LogP contribution in [0.4, 0.5) is 0 Å². The van der Waals surface area contributed by atoms with E-state index in [9.17, 15) is 4.79 Å². The minimum atomic E-state index is -0.00821. The van der Waals surface area contributed by atoms with Gasteiger partial charge in [-0.1, -0.05) is 24.3 Å². The van der Waals surface area contributed by atoms with Crippen molar-refractivity contribution in [3.63, 3.8) is 0 Å². The van der Waals surface area contributed by atoms with Crippen LogP contribution >= 0.6 is 0 Å². The number of aromatic nitrogens is 3. The Bertz CT molecular complexity index is 611. The summed E-state index contributed by atoms with van der Waals surface area (Å²) < 4.78 is 1.66. The fourth-order valence-electron chi connectivity index (χ4n) is 2.63. The summed E-state index contributed by atoms with van der Waals surface area (Å²) >= 11 is 0. The van der Waals surface area contributed by atoms with Gasteiger partial charge in [-0.05, 0) is 43.4 Å². The second kappa shape index (κ2) is 6.08. The molecule has 0 saturated carbocycles. The summed E-state index contributed by atoms with van der Waals surface area (Å²) in [6, 6.07) is 8.15. The zero-order chi connectivity index (χ0) is 14.7. The SMILES string of the molecule is CCc1ccc(-n2cc(C(=O)N3CCCCC3)nn2)cc1. The molecule has 1 aliphatic rings. The average Bonchev–Trinajstić information content (AvgIpc) is 3.05. The van der Waals surface area contributed by atoms with Gasteiger partial charge in [0, 0.05) is 13.1 Å². The van der Waals surface area contributed by atoms with E-state index in [4.69, 9.17) is 0 Å². The molecular formula is C16H20N4O. The van der Waals surface area contributed by atoms with Crippen molar-refractivity contribution in [3.05, 3.63) is 41.7 Å². The van der Waals surface area contributed by atoms with E-state index in [1.807, 2.05) is 17.0 Å². The van der Waals surface area contributed by atoms with E-state index in [2.05, 4.69) is 29.4 Å². The summed E-state index contributed by atoms with van der Waals surface area (Å²) in [6.45, 7) is 3.79. The Labute approximate surface area is 124 Å². The molecule has 0 atom stereocenters. The number of benzene rings is 1. The number of hydrogen-bond donors (Lipinski definition) is 0. The van der Waals surface area contributed by atoms with E-state index in [0.29, 0.717) is 5.69 Å². The Kier molecular flexibility index (Phi) is 3.99. The van der Waals surface area contributed by atoms with Gasteiger partial charge in [-0.3, -0.25) is 4.79 Å². The van der Waals surface area contributed by atoms with E-state index in [1.54, 1.807) is 10.9 Å². The van der Waals surface area contributed by atoms with E-state index >= 15 is 0 Å². The van der Waals surface area contributed by atoms with Gasteiger partial charge in [-0.15, -0.1) is 5.10 Å². The molecule has 0 aliphatic carbocycles. The number of rotatable bonds is 3. The summed E-state index contributed by atoms with van der Waals surface area (Å²) in [5.41, 5.74) is 2.64. The predicted molar refractivity (Wildman–Crippen MR) is 80.5 cm³/mol. The smallest absolute Gasteiger partial charge is 0.276 e. The van der Waals surface area contributed by atoms with Crippen molar-refractivity contribution < 1.29 is 4.79 Å². The lowest BCUT2D eigenvalue weighted by atomic mass is 10.1. The lowest BCUT2D eigenvalue weighted by molar-refractivity contribution is 0.0718. The second-order valence-electron chi connectivity index (χ2n) is 5.42. The molecule has 1 fully saturated rings. The Morgan fingerprint density at radius 1 is 1.14 bits per heavy atom. The molecule has 0 spiro atoms. The van der Waals surface area contributed by atoms with Gasteiger partial charge in [-0.2, -0.15) is 0 Å². The van der Waals surface area contributed by atoms with E-state index in [1.165, 1.54) is 12.0 Å². The molecule has 0 bridgehead atoms. The minimum Gasteiger partial charge on any atom is -0.337 e. The fraction of sp³-hybridized carbons (Fsp3) is 0.438. The molecule has 110 valence electrons. The molecule has 0 radical (unpaired) electrons. The molecular weight excluding hydrogens is 264 g/mol. The summed E-state index contributed by atoms with van der Waals surface area (Å²) in [6.07, 6.45) is 6.10. The number of amides is 1. The van der Waals surface area contributed by atoms with Crippen molar-refractivity contribution in [1.82, 2.24) is 19.9 Å². The standard InChI is InChI=1S/C16H20N4O/c1-2-13-6-8-14(9-7-13)20-12-15(17-18-20)16(21)19-10-4-3-5-11-19/h6-9,12H,2-5,10-11H2,1H3. The van der Waals surface area contributed by atoms with Crippen LogP contribution in [0, 0.1) is 0 Å². The first-order chi connectivity index (χ1) is 10.3. The van der Waals surface area contributed by atoms with E-state index < -0.39 is 0 Å². The number of likely N-dealkylation sites (tertiary alicyclic amines) is 1. The second-order valence-corrected chi connectivity index (χ2v) is 5.42. The number of hydrogen-bond acceptors (Lipinski definition) is 3. The minimum absolute atomic E-state index is 0.00821. The van der Waals surface area contributed by atoms with Crippen molar-refractivity contribution in [3.8, 4) is 5.69 Å². The lowest BCUT2D eigenvalue weighted by Gasteiger charge is -2.25. The van der Waals surface area contributed by atoms with Gasteiger partial charge in [0.25, 0.3) is 5.91 Å². The van der Waals surface area contributed by atoms with Gasteiger partial charge < -0.3 is 4.90 Å². The van der Waals surface area contributed by atoms with Gasteiger partial charge in [0.1, 0.15) is 0 Å². The summed E-state index contributed by atoms with van der Waals surface area (Å²) in [5.74, 6) is -0.00821. The highest BCUT2D eigenvalue weighted by atomic mass is 16.2. The van der Waals surface area contributed by atoms with Gasteiger partial charge in [0.05, 0.1) is 11.9 Å². The number of carbonyl (C=O) groups is 1. The monoisotopic (exact) mass is 284 g/mol. The van der Waals surface area contributed by atoms with Crippen LogP contribution in [0.2, 0.25) is 0 Å². The third kappa shape index (κ3) is 2.96. The summed E-state index contributed by atoms with van der Waals surface area (Å²) in [5, 5.41) is 8.11. The Balaban J connectivity index is 1.77. The molecule has 1 saturated heterocycles. The van der Waals surface area contributed by atoms with Crippen LogP contribution in [0.5, 0.6) is 0 Å². The topological polar surface area (TPSA) is 51.0 Å². The van der Waals surface area contributed by atoms with Gasteiger partial charge in [-0.25, -0.2) is 4.68 Å². The predicted octanol–water partition coefficient (Wildman–Crippen LogP) is 2.46. The zero-order valence-electron chi connectivity index (χ0n) is 12.3. The van der Waals surface area contributed by atoms with Gasteiger partial charge in [0.2, 0.25) is 0 Å². The summed E-state index contributed by atoms with van der Waals surface area (Å²) in [4.78, 5) is 14.2. The van der Waals surface area contributed by atoms with Crippen LogP contribution in [0.25, 0.3) is 5.69 Å². The van der Waals surface area contributed by atoms with Crippen molar-refractivity contribution in [2.24, 2.45) is 0 Å². The molecule has 5 heteroatoms. The largest absolute Gasteiger partial charge is 0.337 e. The molecule has 3 rings (SSSR count). The highest BCUT2D eigenvalue weighted by molar-refractivity contribution is 5.92. The molecule has 1 amide bonds. The maximum atomic E-state index is 12.4. The fourth-order valence-corrected chi connectivity index (χ4v) is 2.63. The van der Waals surface area contributed by atoms with E-state index in [-0.39, 0.29) is 5.91 Å². The van der Waals surface area contributed by atoms with Crippen molar-refractivity contribution in [1.29, 1.82) is 0 Å². The Morgan fingerprint density at radius 3 is 2.52 bits per heavy atom. The number of carbonyl (C=O) groups excluding carboxylic acids is 1. The first kappa shape index (κ1) is 13.8. The molecule has 21 heavy (non-hydrogen) atoms. The van der Waals surface area contributed by atoms with Crippen LogP contribution in [-0.4, -0.2) is 38.9 Å². The molecule has 1 aromatic heterocycles. The van der Waals surface area contributed by atoms with Crippen LogP contribution in [0.3, 0.4) is 0 Å². The third-order valence-electron chi connectivity index (χ3n) is 3.96. The summed E-state index contributed by atoms with van der Waals surface area (Å²) in [7, 11) is 0. The average molecular weight is 284 g/mol. The number of nitrogens with zero attached hydrogens (tertiary/aromatic N) is 4. The molecule has 1 aliphatic heterocycles. The van der Waals surface area contributed by atoms with Crippen LogP contribution < -0.4 is 0 Å². The molecule has 2 heterocycles. The van der Waals surface area contributed by atoms with Crippen LogP contribution in [0.15, 0.2) is 30.5 Å². The molecule has 5 nitrogen and oxygen atoms in total. The Morgan fingerprint density at radius 2 is 1.86 bits per heavy atom. The first-order valence-corrected chi connectivity index (χ1v) is 7.59. The van der Waals surface area contributed by atoms with Crippen LogP contribution in [0.1, 0.15) is 42.2 Å². The number of piperidine rings is 1. The third-order valence-corrected chi connectivity index (χ3v) is 3.96. The number of aryl methyl sites for hydroxylation is 1. The van der Waals surface area contributed by atoms with Crippen molar-refractivity contribution >= 4 is 5.91 Å². The highest BCUT2D eigenvalue weighted by Gasteiger charge is 2.20. The quantitative estimate of drug-likeness (QED) is 0.870. The molecule has 2 aromatic rings.